The second-order valence-corrected chi connectivity index (χ2v) is 8.01. The number of benzene rings is 2. The van der Waals surface area contributed by atoms with E-state index in [0.29, 0.717) is 22.6 Å². The normalized spacial score (nSPS) is 18.3. The summed E-state index contributed by atoms with van der Waals surface area (Å²) in [6, 6.07) is 10.2. The van der Waals surface area contributed by atoms with Gasteiger partial charge in [0.1, 0.15) is 5.69 Å². The Hall–Kier alpha value is -3.99. The molecule has 0 saturated carbocycles. The molecule has 2 heterocycles. The Morgan fingerprint density at radius 1 is 1.06 bits per heavy atom. The Balaban J connectivity index is 1.66. The maximum absolute atomic E-state index is 15.0. The molecule has 1 atom stereocenters. The van der Waals surface area contributed by atoms with Gasteiger partial charge in [-0.25, -0.2) is 18.5 Å². The maximum Gasteiger partial charge on any atom is 0.332 e. The van der Waals surface area contributed by atoms with Crippen LogP contribution in [0.1, 0.15) is 37.0 Å². The van der Waals surface area contributed by atoms with E-state index in [-0.39, 0.29) is 12.0 Å². The van der Waals surface area contributed by atoms with Crippen molar-refractivity contribution in [2.24, 2.45) is 0 Å². The van der Waals surface area contributed by atoms with Gasteiger partial charge in [0.15, 0.2) is 11.6 Å². The van der Waals surface area contributed by atoms with Crippen LogP contribution in [-0.2, 0) is 16.9 Å². The van der Waals surface area contributed by atoms with Crippen molar-refractivity contribution in [1.82, 2.24) is 14.7 Å². The molecule has 1 aromatic heterocycles. The van der Waals surface area contributed by atoms with Gasteiger partial charge in [0, 0.05) is 36.5 Å². The fraction of sp³-hybridized carbons (Fsp3) is 0.240. The molecule has 3 amide bonds. The standard InChI is InChI=1S/C25H22F2N4O2/c1-4-30-16-19(15-28-30)25(2)14-22(32)31(24(33)29(25)3)23-20(26)12-18(13-21(23)27)11-10-17-8-6-5-7-9-17/h5-9,12-13,15-16H,4,14H2,1-3H3/t25-/m0/s1. The van der Waals surface area contributed by atoms with Gasteiger partial charge in [-0.15, -0.1) is 0 Å². The second kappa shape index (κ2) is 8.51. The second-order valence-electron chi connectivity index (χ2n) is 8.01. The van der Waals surface area contributed by atoms with E-state index in [2.05, 4.69) is 16.9 Å². The molecule has 4 rings (SSSR count). The number of aryl methyl sites for hydroxylation is 1. The molecular weight excluding hydrogens is 426 g/mol. The first-order chi connectivity index (χ1) is 15.7. The number of aromatic nitrogens is 2. The molecule has 1 saturated heterocycles. The number of halogens is 2. The smallest absolute Gasteiger partial charge is 0.317 e. The Kier molecular flexibility index (Phi) is 5.73. The fourth-order valence-electron chi connectivity index (χ4n) is 3.81. The summed E-state index contributed by atoms with van der Waals surface area (Å²) in [6.45, 7) is 4.27. The third-order valence-corrected chi connectivity index (χ3v) is 5.91. The van der Waals surface area contributed by atoms with Gasteiger partial charge >= 0.3 is 6.03 Å². The average molecular weight is 448 g/mol. The first-order valence-electron chi connectivity index (χ1n) is 10.4. The minimum absolute atomic E-state index is 0.0969. The zero-order valence-corrected chi connectivity index (χ0v) is 18.5. The Bertz CT molecular complexity index is 1270. The van der Waals surface area contributed by atoms with Crippen molar-refractivity contribution >= 4 is 17.6 Å². The van der Waals surface area contributed by atoms with Crippen molar-refractivity contribution in [1.29, 1.82) is 0 Å². The molecule has 1 aliphatic rings. The van der Waals surface area contributed by atoms with Crippen molar-refractivity contribution in [2.75, 3.05) is 11.9 Å². The zero-order valence-electron chi connectivity index (χ0n) is 18.5. The first kappa shape index (κ1) is 22.2. The van der Waals surface area contributed by atoms with Gasteiger partial charge in [0.25, 0.3) is 0 Å². The lowest BCUT2D eigenvalue weighted by atomic mass is 9.87. The lowest BCUT2D eigenvalue weighted by Gasteiger charge is -2.45. The summed E-state index contributed by atoms with van der Waals surface area (Å²) >= 11 is 0. The van der Waals surface area contributed by atoms with Crippen molar-refractivity contribution in [3.8, 4) is 11.8 Å². The van der Waals surface area contributed by atoms with Crippen molar-refractivity contribution in [3.63, 3.8) is 0 Å². The van der Waals surface area contributed by atoms with E-state index < -0.39 is 34.8 Å². The van der Waals surface area contributed by atoms with Gasteiger partial charge in [0.05, 0.1) is 18.2 Å². The van der Waals surface area contributed by atoms with E-state index >= 15 is 0 Å². The topological polar surface area (TPSA) is 58.4 Å². The summed E-state index contributed by atoms with van der Waals surface area (Å²) in [5, 5.41) is 4.21. The minimum atomic E-state index is -1.04. The Morgan fingerprint density at radius 3 is 2.30 bits per heavy atom. The van der Waals surface area contributed by atoms with Gasteiger partial charge in [-0.05, 0) is 38.1 Å². The van der Waals surface area contributed by atoms with E-state index in [4.69, 9.17) is 0 Å². The van der Waals surface area contributed by atoms with Gasteiger partial charge in [-0.2, -0.15) is 5.10 Å². The van der Waals surface area contributed by atoms with Crippen LogP contribution in [0.25, 0.3) is 0 Å². The molecule has 168 valence electrons. The van der Waals surface area contributed by atoms with Crippen LogP contribution in [0.4, 0.5) is 19.3 Å². The van der Waals surface area contributed by atoms with Crippen LogP contribution in [0, 0.1) is 23.5 Å². The molecular formula is C25H22F2N4O2. The highest BCUT2D eigenvalue weighted by Crippen LogP contribution is 2.39. The largest absolute Gasteiger partial charge is 0.332 e. The van der Waals surface area contributed by atoms with E-state index in [1.807, 2.05) is 13.0 Å². The average Bonchev–Trinajstić information content (AvgIpc) is 3.29. The molecule has 0 aliphatic carbocycles. The summed E-state index contributed by atoms with van der Waals surface area (Å²) in [7, 11) is 1.50. The van der Waals surface area contributed by atoms with E-state index in [9.17, 15) is 18.4 Å². The maximum atomic E-state index is 15.0. The number of hydrogen-bond acceptors (Lipinski definition) is 3. The molecule has 0 N–H and O–H groups in total. The van der Waals surface area contributed by atoms with Crippen LogP contribution in [0.15, 0.2) is 54.9 Å². The highest BCUT2D eigenvalue weighted by molar-refractivity contribution is 6.16. The van der Waals surface area contributed by atoms with Crippen LogP contribution >= 0.6 is 0 Å². The summed E-state index contributed by atoms with van der Waals surface area (Å²) in [5.74, 6) is 2.76. The molecule has 33 heavy (non-hydrogen) atoms. The van der Waals surface area contributed by atoms with Gasteiger partial charge in [-0.1, -0.05) is 30.0 Å². The van der Waals surface area contributed by atoms with E-state index in [1.165, 1.54) is 11.9 Å². The molecule has 0 radical (unpaired) electrons. The molecule has 1 fully saturated rings. The lowest BCUT2D eigenvalue weighted by Crippen LogP contribution is -2.60. The minimum Gasteiger partial charge on any atom is -0.317 e. The van der Waals surface area contributed by atoms with Crippen molar-refractivity contribution in [3.05, 3.63) is 83.2 Å². The third kappa shape index (κ3) is 3.98. The van der Waals surface area contributed by atoms with Crippen LogP contribution < -0.4 is 4.90 Å². The first-order valence-corrected chi connectivity index (χ1v) is 10.4. The van der Waals surface area contributed by atoms with Gasteiger partial charge < -0.3 is 4.90 Å². The molecule has 0 unspecified atom stereocenters. The third-order valence-electron chi connectivity index (χ3n) is 5.91. The van der Waals surface area contributed by atoms with Crippen LogP contribution in [-0.4, -0.2) is 33.7 Å². The number of carbonyl (C=O) groups is 2. The number of hydrogen-bond donors (Lipinski definition) is 0. The number of rotatable bonds is 3. The summed E-state index contributed by atoms with van der Waals surface area (Å²) in [4.78, 5) is 28.0. The van der Waals surface area contributed by atoms with Crippen LogP contribution in [0.2, 0.25) is 0 Å². The fourth-order valence-corrected chi connectivity index (χ4v) is 3.81. The van der Waals surface area contributed by atoms with E-state index in [1.54, 1.807) is 48.3 Å². The van der Waals surface area contributed by atoms with Gasteiger partial charge in [-0.3, -0.25) is 9.48 Å². The van der Waals surface area contributed by atoms with Crippen molar-refractivity contribution in [2.45, 2.75) is 32.4 Å². The number of nitrogens with zero attached hydrogens (tertiary/aromatic N) is 4. The molecule has 6 nitrogen and oxygen atoms in total. The number of imide groups is 1. The molecule has 0 bridgehead atoms. The quantitative estimate of drug-likeness (QED) is 0.562. The van der Waals surface area contributed by atoms with Gasteiger partial charge in [0.2, 0.25) is 5.91 Å². The number of carbonyl (C=O) groups excluding carboxylic acids is 2. The number of anilines is 1. The Labute approximate surface area is 190 Å². The van der Waals surface area contributed by atoms with E-state index in [0.717, 1.165) is 12.1 Å². The SMILES string of the molecule is CCn1cc([C@]2(C)CC(=O)N(c3c(F)cc(C#Cc4ccccc4)cc3F)C(=O)N2C)cn1. The van der Waals surface area contributed by atoms with Crippen LogP contribution in [0.3, 0.4) is 0 Å². The zero-order chi connectivity index (χ0) is 23.8. The number of amides is 3. The molecule has 1 aliphatic heterocycles. The highest BCUT2D eigenvalue weighted by Gasteiger charge is 2.48. The summed E-state index contributed by atoms with van der Waals surface area (Å²) in [6.07, 6.45) is 3.20. The monoisotopic (exact) mass is 448 g/mol. The number of urea groups is 1. The van der Waals surface area contributed by atoms with Crippen LogP contribution in [0.5, 0.6) is 0 Å². The van der Waals surface area contributed by atoms with Crippen molar-refractivity contribution < 1.29 is 18.4 Å². The molecule has 2 aromatic carbocycles. The molecule has 0 spiro atoms. The Morgan fingerprint density at radius 2 is 1.70 bits per heavy atom. The summed E-state index contributed by atoms with van der Waals surface area (Å²) in [5.41, 5.74) is -0.239. The predicted molar refractivity (Wildman–Crippen MR) is 119 cm³/mol. The summed E-state index contributed by atoms with van der Waals surface area (Å²) < 4.78 is 31.6. The lowest BCUT2D eigenvalue weighted by molar-refractivity contribution is -0.122. The molecule has 3 aromatic rings. The predicted octanol–water partition coefficient (Wildman–Crippen LogP) is 4.28. The molecule has 8 heteroatoms. The highest BCUT2D eigenvalue weighted by atomic mass is 19.1.